The average molecular weight is 248 g/mol. The van der Waals surface area contributed by atoms with E-state index in [0.29, 0.717) is 23.1 Å². The number of halogens is 1. The van der Waals surface area contributed by atoms with Gasteiger partial charge in [-0.2, -0.15) is 5.26 Å². The number of nitrogens with zero attached hydrogens (tertiary/aromatic N) is 4. The zero-order valence-corrected chi connectivity index (χ0v) is 9.72. The van der Waals surface area contributed by atoms with Gasteiger partial charge in [-0.05, 0) is 12.1 Å². The summed E-state index contributed by atoms with van der Waals surface area (Å²) in [5.74, 6) is 0.606. The molecular weight excluding hydrogens is 238 g/mol. The lowest BCUT2D eigenvalue weighted by Gasteiger charge is -2.06. The van der Waals surface area contributed by atoms with E-state index in [2.05, 4.69) is 15.3 Å². The van der Waals surface area contributed by atoms with Gasteiger partial charge in [0.25, 0.3) is 0 Å². The van der Waals surface area contributed by atoms with E-state index in [1.165, 1.54) is 6.07 Å². The molecule has 2 aromatic rings. The molecule has 86 valence electrons. The molecule has 0 aromatic carbocycles. The minimum atomic E-state index is 0.314. The maximum absolute atomic E-state index is 8.79. The van der Waals surface area contributed by atoms with Gasteiger partial charge in [-0.25, -0.2) is 9.97 Å². The smallest absolute Gasteiger partial charge is 0.132 e. The Balaban J connectivity index is 1.95. The number of nitriles is 1. The SMILES string of the molecule is N#Cc1cc(Cl)nc(NCCn2ccnc2)c1. The molecule has 0 saturated heterocycles. The van der Waals surface area contributed by atoms with Crippen molar-refractivity contribution in [3.8, 4) is 6.07 Å². The van der Waals surface area contributed by atoms with Crippen molar-refractivity contribution in [2.45, 2.75) is 6.54 Å². The van der Waals surface area contributed by atoms with E-state index >= 15 is 0 Å². The van der Waals surface area contributed by atoms with Gasteiger partial charge >= 0.3 is 0 Å². The van der Waals surface area contributed by atoms with Gasteiger partial charge in [0.15, 0.2) is 0 Å². The van der Waals surface area contributed by atoms with Crippen molar-refractivity contribution >= 4 is 17.4 Å². The number of hydrogen-bond acceptors (Lipinski definition) is 4. The van der Waals surface area contributed by atoms with Crippen molar-refractivity contribution in [3.05, 3.63) is 41.6 Å². The summed E-state index contributed by atoms with van der Waals surface area (Å²) < 4.78 is 1.95. The molecule has 0 unspecified atom stereocenters. The van der Waals surface area contributed by atoms with Gasteiger partial charge in [-0.15, -0.1) is 0 Å². The van der Waals surface area contributed by atoms with Crippen molar-refractivity contribution in [3.63, 3.8) is 0 Å². The summed E-state index contributed by atoms with van der Waals surface area (Å²) in [5.41, 5.74) is 0.495. The van der Waals surface area contributed by atoms with Gasteiger partial charge in [-0.1, -0.05) is 11.6 Å². The highest BCUT2D eigenvalue weighted by Crippen LogP contribution is 2.13. The van der Waals surface area contributed by atoms with Gasteiger partial charge in [0.1, 0.15) is 11.0 Å². The first-order valence-corrected chi connectivity index (χ1v) is 5.43. The lowest BCUT2D eigenvalue weighted by atomic mass is 10.3. The fourth-order valence-corrected chi connectivity index (χ4v) is 1.59. The molecule has 0 radical (unpaired) electrons. The Bertz CT molecular complexity index is 529. The second kappa shape index (κ2) is 5.32. The van der Waals surface area contributed by atoms with Crippen LogP contribution in [0.1, 0.15) is 5.56 Å². The van der Waals surface area contributed by atoms with E-state index < -0.39 is 0 Å². The molecule has 0 bridgehead atoms. The summed E-state index contributed by atoms with van der Waals surface area (Å²) in [6, 6.07) is 5.23. The number of aromatic nitrogens is 3. The Morgan fingerprint density at radius 2 is 2.35 bits per heavy atom. The third kappa shape index (κ3) is 3.20. The predicted octanol–water partition coefficient (Wildman–Crippen LogP) is 1.92. The molecule has 17 heavy (non-hydrogen) atoms. The zero-order chi connectivity index (χ0) is 12.1. The van der Waals surface area contributed by atoms with E-state index in [9.17, 15) is 0 Å². The molecule has 1 N–H and O–H groups in total. The fraction of sp³-hybridized carbons (Fsp3) is 0.182. The van der Waals surface area contributed by atoms with Crippen LogP contribution in [0.15, 0.2) is 30.9 Å². The summed E-state index contributed by atoms with van der Waals surface area (Å²) in [7, 11) is 0. The van der Waals surface area contributed by atoms with Crippen LogP contribution in [0.3, 0.4) is 0 Å². The molecule has 5 nitrogen and oxygen atoms in total. The van der Waals surface area contributed by atoms with Crippen LogP contribution in [0.4, 0.5) is 5.82 Å². The molecule has 0 atom stereocenters. The molecule has 2 rings (SSSR count). The van der Waals surface area contributed by atoms with Crippen LogP contribution in [0.25, 0.3) is 0 Å². The topological polar surface area (TPSA) is 66.5 Å². The van der Waals surface area contributed by atoms with Crippen LogP contribution in [0.2, 0.25) is 5.15 Å². The number of anilines is 1. The maximum Gasteiger partial charge on any atom is 0.132 e. The molecule has 6 heteroatoms. The maximum atomic E-state index is 8.79. The molecule has 0 aliphatic carbocycles. The molecule has 2 heterocycles. The Morgan fingerprint density at radius 1 is 1.47 bits per heavy atom. The summed E-state index contributed by atoms with van der Waals surface area (Å²) in [6.45, 7) is 1.46. The molecule has 0 aliphatic heterocycles. The number of pyridine rings is 1. The first-order valence-electron chi connectivity index (χ1n) is 5.05. The van der Waals surface area contributed by atoms with E-state index in [1.54, 1.807) is 18.6 Å². The van der Waals surface area contributed by atoms with E-state index in [0.717, 1.165) is 6.54 Å². The van der Waals surface area contributed by atoms with E-state index in [1.807, 2.05) is 16.8 Å². The number of imidazole rings is 1. The quantitative estimate of drug-likeness (QED) is 0.839. The highest BCUT2D eigenvalue weighted by molar-refractivity contribution is 6.29. The van der Waals surface area contributed by atoms with Crippen LogP contribution >= 0.6 is 11.6 Å². The number of rotatable bonds is 4. The van der Waals surface area contributed by atoms with Gasteiger partial charge in [0.2, 0.25) is 0 Å². The van der Waals surface area contributed by atoms with Crippen molar-refractivity contribution in [2.24, 2.45) is 0 Å². The zero-order valence-electron chi connectivity index (χ0n) is 8.97. The Kier molecular flexibility index (Phi) is 3.58. The van der Waals surface area contributed by atoms with Crippen molar-refractivity contribution in [2.75, 3.05) is 11.9 Å². The van der Waals surface area contributed by atoms with Crippen molar-refractivity contribution < 1.29 is 0 Å². The van der Waals surface area contributed by atoms with Crippen LogP contribution in [-0.2, 0) is 6.54 Å². The standard InChI is InChI=1S/C11H10ClN5/c12-10-5-9(7-13)6-11(16-10)15-2-4-17-3-1-14-8-17/h1,3,5-6,8H,2,4H2,(H,15,16). The highest BCUT2D eigenvalue weighted by atomic mass is 35.5. The monoisotopic (exact) mass is 247 g/mol. The van der Waals surface area contributed by atoms with E-state index in [4.69, 9.17) is 16.9 Å². The van der Waals surface area contributed by atoms with Crippen molar-refractivity contribution in [1.29, 1.82) is 5.26 Å². The number of hydrogen-bond donors (Lipinski definition) is 1. The average Bonchev–Trinajstić information content (AvgIpc) is 2.81. The Morgan fingerprint density at radius 3 is 3.06 bits per heavy atom. The molecule has 2 aromatic heterocycles. The van der Waals surface area contributed by atoms with Crippen LogP contribution in [0.5, 0.6) is 0 Å². The second-order valence-electron chi connectivity index (χ2n) is 3.40. The van der Waals surface area contributed by atoms with Gasteiger partial charge < -0.3 is 9.88 Å². The van der Waals surface area contributed by atoms with Gasteiger partial charge in [0, 0.05) is 25.5 Å². The third-order valence-corrected chi connectivity index (χ3v) is 2.35. The number of nitrogens with one attached hydrogen (secondary N) is 1. The molecule has 0 spiro atoms. The molecule has 0 saturated carbocycles. The molecule has 0 fully saturated rings. The van der Waals surface area contributed by atoms with Crippen LogP contribution in [0, 0.1) is 11.3 Å². The normalized spacial score (nSPS) is 9.88. The van der Waals surface area contributed by atoms with Gasteiger partial charge in [0.05, 0.1) is 18.0 Å². The summed E-state index contributed by atoms with van der Waals surface area (Å²) >= 11 is 5.79. The largest absolute Gasteiger partial charge is 0.368 e. The summed E-state index contributed by atoms with van der Waals surface area (Å²) in [4.78, 5) is 8.02. The summed E-state index contributed by atoms with van der Waals surface area (Å²) in [5, 5.41) is 12.2. The predicted molar refractivity (Wildman–Crippen MR) is 64.7 cm³/mol. The summed E-state index contributed by atoms with van der Waals surface area (Å²) in [6.07, 6.45) is 5.35. The lowest BCUT2D eigenvalue weighted by Crippen LogP contribution is -2.10. The molecule has 0 aliphatic rings. The van der Waals surface area contributed by atoms with E-state index in [-0.39, 0.29) is 0 Å². The minimum absolute atomic E-state index is 0.314. The minimum Gasteiger partial charge on any atom is -0.368 e. The lowest BCUT2D eigenvalue weighted by molar-refractivity contribution is 0.725. The highest BCUT2D eigenvalue weighted by Gasteiger charge is 2.00. The Labute approximate surface area is 104 Å². The van der Waals surface area contributed by atoms with Crippen molar-refractivity contribution in [1.82, 2.24) is 14.5 Å². The Hall–Kier alpha value is -2.06. The second-order valence-corrected chi connectivity index (χ2v) is 3.79. The third-order valence-electron chi connectivity index (χ3n) is 2.16. The first-order chi connectivity index (χ1) is 8.28. The molecule has 0 amide bonds. The van der Waals surface area contributed by atoms with Gasteiger partial charge in [-0.3, -0.25) is 0 Å². The molecular formula is C11H10ClN5. The van der Waals surface area contributed by atoms with Crippen LogP contribution < -0.4 is 5.32 Å². The fourth-order valence-electron chi connectivity index (χ4n) is 1.38. The first kappa shape index (κ1) is 11.4. The van der Waals surface area contributed by atoms with Crippen LogP contribution in [-0.4, -0.2) is 21.1 Å².